The Bertz CT molecular complexity index is 2630. The van der Waals surface area contributed by atoms with Gasteiger partial charge in [0.25, 0.3) is 0 Å². The highest BCUT2D eigenvalue weighted by atomic mass is 16.3. The van der Waals surface area contributed by atoms with Crippen molar-refractivity contribution in [2.75, 3.05) is 0 Å². The van der Waals surface area contributed by atoms with Crippen LogP contribution in [0.2, 0.25) is 0 Å². The summed E-state index contributed by atoms with van der Waals surface area (Å²) in [6.07, 6.45) is 0. The number of nitriles is 1. The van der Waals surface area contributed by atoms with E-state index in [0.717, 1.165) is 27.5 Å². The molecule has 2 heteroatoms. The summed E-state index contributed by atoms with van der Waals surface area (Å²) in [6, 6.07) is 51.8. The van der Waals surface area contributed by atoms with Gasteiger partial charge >= 0.3 is 0 Å². The standard InChI is InChI=1S/C41H23NO/c42-24-25-13-17-40-38(19-25)39-21-29(16-18-41(39)43-40)35-23-37-32-11-5-3-9-30(32)34(22-36(37)33-12-6-4-10-31(33)35)28-15-14-26-7-1-2-8-27(26)20-28/h1-23H. The van der Waals surface area contributed by atoms with Crippen molar-refractivity contribution in [3.8, 4) is 28.3 Å². The second kappa shape index (κ2) is 9.05. The summed E-state index contributed by atoms with van der Waals surface area (Å²) in [5, 5.41) is 21.4. The van der Waals surface area contributed by atoms with Crippen molar-refractivity contribution in [3.63, 3.8) is 0 Å². The van der Waals surface area contributed by atoms with Gasteiger partial charge in [-0.25, -0.2) is 0 Å². The van der Waals surface area contributed by atoms with E-state index < -0.39 is 0 Å². The molecule has 0 saturated heterocycles. The monoisotopic (exact) mass is 545 g/mol. The van der Waals surface area contributed by atoms with Gasteiger partial charge in [-0.1, -0.05) is 91.0 Å². The Balaban J connectivity index is 1.35. The lowest BCUT2D eigenvalue weighted by atomic mass is 9.87. The predicted octanol–water partition coefficient (Wildman–Crippen LogP) is 11.4. The molecular formula is C41H23NO. The molecule has 0 fully saturated rings. The van der Waals surface area contributed by atoms with Gasteiger partial charge in [-0.2, -0.15) is 5.26 Å². The summed E-state index contributed by atoms with van der Waals surface area (Å²) >= 11 is 0. The molecule has 0 aliphatic heterocycles. The maximum atomic E-state index is 9.50. The Morgan fingerprint density at radius 3 is 1.60 bits per heavy atom. The average Bonchev–Trinajstić information content (AvgIpc) is 3.44. The SMILES string of the molecule is N#Cc1ccc2oc3ccc(-c4cc5c6ccccc6c(-c6ccc7ccccc7c6)cc5c5ccccc45)cc3c2c1. The van der Waals surface area contributed by atoms with E-state index in [9.17, 15) is 5.26 Å². The minimum Gasteiger partial charge on any atom is -0.456 e. The second-order valence-corrected chi connectivity index (χ2v) is 11.2. The van der Waals surface area contributed by atoms with Crippen molar-refractivity contribution >= 4 is 65.0 Å². The molecule has 9 rings (SSSR count). The molecule has 0 N–H and O–H groups in total. The van der Waals surface area contributed by atoms with Gasteiger partial charge < -0.3 is 4.42 Å². The lowest BCUT2D eigenvalue weighted by molar-refractivity contribution is 0.669. The topological polar surface area (TPSA) is 36.9 Å². The lowest BCUT2D eigenvalue weighted by Gasteiger charge is -2.16. The van der Waals surface area contributed by atoms with Crippen LogP contribution in [0.15, 0.2) is 144 Å². The second-order valence-electron chi connectivity index (χ2n) is 11.2. The van der Waals surface area contributed by atoms with E-state index in [1.807, 2.05) is 12.1 Å². The molecule has 1 aromatic heterocycles. The van der Waals surface area contributed by atoms with Crippen molar-refractivity contribution in [1.82, 2.24) is 0 Å². The third kappa shape index (κ3) is 3.59. The van der Waals surface area contributed by atoms with Gasteiger partial charge in [0.1, 0.15) is 11.2 Å². The molecule has 0 atom stereocenters. The molecule has 0 aliphatic rings. The van der Waals surface area contributed by atoms with Gasteiger partial charge in [-0.05, 0) is 114 Å². The van der Waals surface area contributed by atoms with Crippen molar-refractivity contribution in [1.29, 1.82) is 5.26 Å². The molecule has 0 radical (unpaired) electrons. The Morgan fingerprint density at radius 2 is 0.930 bits per heavy atom. The maximum absolute atomic E-state index is 9.50. The third-order valence-electron chi connectivity index (χ3n) is 8.85. The molecule has 0 aliphatic carbocycles. The first-order chi connectivity index (χ1) is 21.2. The highest BCUT2D eigenvalue weighted by molar-refractivity contribution is 6.24. The van der Waals surface area contributed by atoms with Crippen LogP contribution in [0, 0.1) is 11.3 Å². The van der Waals surface area contributed by atoms with Gasteiger partial charge in [0.05, 0.1) is 11.6 Å². The highest BCUT2D eigenvalue weighted by Gasteiger charge is 2.16. The first-order valence-corrected chi connectivity index (χ1v) is 14.5. The summed E-state index contributed by atoms with van der Waals surface area (Å²) < 4.78 is 6.13. The number of furan rings is 1. The molecular weight excluding hydrogens is 522 g/mol. The number of nitrogens with zero attached hydrogens (tertiary/aromatic N) is 1. The van der Waals surface area contributed by atoms with E-state index in [4.69, 9.17) is 4.42 Å². The summed E-state index contributed by atoms with van der Waals surface area (Å²) in [6.45, 7) is 0. The number of hydrogen-bond donors (Lipinski definition) is 0. The molecule has 0 amide bonds. The van der Waals surface area contributed by atoms with E-state index in [1.165, 1.54) is 59.8 Å². The molecule has 198 valence electrons. The van der Waals surface area contributed by atoms with Crippen molar-refractivity contribution in [2.45, 2.75) is 0 Å². The summed E-state index contributed by atoms with van der Waals surface area (Å²) in [4.78, 5) is 0. The molecule has 0 bridgehead atoms. The Labute approximate surface area is 247 Å². The molecule has 0 unspecified atom stereocenters. The smallest absolute Gasteiger partial charge is 0.135 e. The quantitative estimate of drug-likeness (QED) is 0.203. The van der Waals surface area contributed by atoms with Gasteiger partial charge in [-0.15, -0.1) is 0 Å². The van der Waals surface area contributed by atoms with Gasteiger partial charge in [-0.3, -0.25) is 0 Å². The number of benzene rings is 8. The third-order valence-corrected chi connectivity index (χ3v) is 8.85. The van der Waals surface area contributed by atoms with E-state index >= 15 is 0 Å². The van der Waals surface area contributed by atoms with Crippen LogP contribution in [0.5, 0.6) is 0 Å². The van der Waals surface area contributed by atoms with Crippen LogP contribution < -0.4 is 0 Å². The van der Waals surface area contributed by atoms with Crippen LogP contribution in [0.4, 0.5) is 0 Å². The Morgan fingerprint density at radius 1 is 0.395 bits per heavy atom. The summed E-state index contributed by atoms with van der Waals surface area (Å²) in [5.74, 6) is 0. The van der Waals surface area contributed by atoms with E-state index in [2.05, 4.69) is 127 Å². The Hall–Kier alpha value is -5.91. The van der Waals surface area contributed by atoms with Crippen LogP contribution in [0.3, 0.4) is 0 Å². The normalized spacial score (nSPS) is 11.7. The van der Waals surface area contributed by atoms with E-state index in [-0.39, 0.29) is 0 Å². The fourth-order valence-electron chi connectivity index (χ4n) is 6.80. The molecule has 2 nitrogen and oxygen atoms in total. The van der Waals surface area contributed by atoms with Gasteiger partial charge in [0.15, 0.2) is 0 Å². The van der Waals surface area contributed by atoms with E-state index in [0.29, 0.717) is 5.56 Å². The van der Waals surface area contributed by atoms with Crippen LogP contribution >= 0.6 is 0 Å². The first kappa shape index (κ1) is 23.8. The largest absolute Gasteiger partial charge is 0.456 e. The molecule has 0 spiro atoms. The van der Waals surface area contributed by atoms with Gasteiger partial charge in [0, 0.05) is 10.8 Å². The van der Waals surface area contributed by atoms with Crippen LogP contribution in [0.1, 0.15) is 5.56 Å². The zero-order chi connectivity index (χ0) is 28.5. The van der Waals surface area contributed by atoms with Crippen LogP contribution in [0.25, 0.3) is 87.3 Å². The van der Waals surface area contributed by atoms with E-state index in [1.54, 1.807) is 6.07 Å². The zero-order valence-electron chi connectivity index (χ0n) is 23.1. The van der Waals surface area contributed by atoms with Crippen molar-refractivity contribution < 1.29 is 4.42 Å². The first-order valence-electron chi connectivity index (χ1n) is 14.5. The predicted molar refractivity (Wildman–Crippen MR) is 179 cm³/mol. The van der Waals surface area contributed by atoms with Gasteiger partial charge in [0.2, 0.25) is 0 Å². The fourth-order valence-corrected chi connectivity index (χ4v) is 6.80. The van der Waals surface area contributed by atoms with Crippen LogP contribution in [-0.2, 0) is 0 Å². The zero-order valence-corrected chi connectivity index (χ0v) is 23.1. The molecule has 8 aromatic carbocycles. The molecule has 0 saturated carbocycles. The number of rotatable bonds is 2. The lowest BCUT2D eigenvalue weighted by Crippen LogP contribution is -1.89. The minimum absolute atomic E-state index is 0.630. The average molecular weight is 546 g/mol. The maximum Gasteiger partial charge on any atom is 0.135 e. The number of hydrogen-bond acceptors (Lipinski definition) is 2. The summed E-state index contributed by atoms with van der Waals surface area (Å²) in [5.41, 5.74) is 7.01. The Kier molecular flexibility index (Phi) is 5.00. The van der Waals surface area contributed by atoms with Crippen molar-refractivity contribution in [3.05, 3.63) is 145 Å². The fraction of sp³-hybridized carbons (Fsp3) is 0. The molecule has 9 aromatic rings. The highest BCUT2D eigenvalue weighted by Crippen LogP contribution is 2.43. The summed E-state index contributed by atoms with van der Waals surface area (Å²) in [7, 11) is 0. The van der Waals surface area contributed by atoms with Crippen LogP contribution in [-0.4, -0.2) is 0 Å². The number of fused-ring (bicyclic) bond motifs is 9. The molecule has 1 heterocycles. The molecule has 43 heavy (non-hydrogen) atoms. The minimum atomic E-state index is 0.630. The van der Waals surface area contributed by atoms with Crippen molar-refractivity contribution in [2.24, 2.45) is 0 Å².